The van der Waals surface area contributed by atoms with Crippen molar-refractivity contribution in [3.63, 3.8) is 0 Å². The van der Waals surface area contributed by atoms with E-state index >= 15 is 13.2 Å². The first kappa shape index (κ1) is 31.7. The van der Waals surface area contributed by atoms with Crippen LogP contribution < -0.4 is 0 Å². The smallest absolute Gasteiger partial charge is 0.309 e. The first-order chi connectivity index (χ1) is 23.7. The second kappa shape index (κ2) is 11.0. The molecule has 50 heavy (non-hydrogen) atoms. The lowest BCUT2D eigenvalue weighted by atomic mass is 9.93. The second-order valence-corrected chi connectivity index (χ2v) is 13.2. The highest BCUT2D eigenvalue weighted by molar-refractivity contribution is 6.12. The summed E-state index contributed by atoms with van der Waals surface area (Å²) in [6.45, 7) is 7.44. The highest BCUT2D eigenvalue weighted by Crippen LogP contribution is 2.49. The SMILES string of the molecule is Cc1ccc2c3ccc(C)cc3n(-c3ccc(-c4ccccc4C(F)(F)F)c(-n4c5cc(C)ccc5c5ccc(C)cc54)c3C(F)(F)F)c2c1. The van der Waals surface area contributed by atoms with E-state index in [4.69, 9.17) is 0 Å². The Balaban J connectivity index is 1.65. The Morgan fingerprint density at radius 3 is 1.26 bits per heavy atom. The van der Waals surface area contributed by atoms with Crippen LogP contribution >= 0.6 is 0 Å². The summed E-state index contributed by atoms with van der Waals surface area (Å²) in [5.41, 5.74) is 2.29. The van der Waals surface area contributed by atoms with E-state index in [2.05, 4.69) is 0 Å². The first-order valence-corrected chi connectivity index (χ1v) is 16.2. The predicted octanol–water partition coefficient (Wildman–Crippen LogP) is 12.8. The van der Waals surface area contributed by atoms with Crippen molar-refractivity contribution < 1.29 is 26.3 Å². The number of benzene rings is 6. The molecule has 0 amide bonds. The molecule has 0 aliphatic heterocycles. The van der Waals surface area contributed by atoms with E-state index in [0.717, 1.165) is 39.1 Å². The van der Waals surface area contributed by atoms with Crippen LogP contribution in [0.4, 0.5) is 26.3 Å². The normalized spacial score (nSPS) is 12.6. The first-order valence-electron chi connectivity index (χ1n) is 16.2. The molecule has 0 bridgehead atoms. The standard InChI is InChI=1S/C42H30F6N2/c1-23-9-13-28-29-14-10-24(2)20-36(29)49(35(28)19-23)34-18-17-32(27-7-5-6-8-33(27)41(43,44)45)40(39(34)42(46,47)48)50-37-21-25(3)11-15-30(37)31-16-12-26(4)22-38(31)50/h5-22H,1-4H3. The second-order valence-electron chi connectivity index (χ2n) is 13.2. The summed E-state index contributed by atoms with van der Waals surface area (Å²) in [5, 5.41) is 2.94. The summed E-state index contributed by atoms with van der Waals surface area (Å²) < 4.78 is 95.6. The summed E-state index contributed by atoms with van der Waals surface area (Å²) in [6, 6.07) is 30.0. The average Bonchev–Trinajstić information content (AvgIpc) is 3.53. The Hall–Kier alpha value is -5.50. The molecule has 0 radical (unpaired) electrons. The van der Waals surface area contributed by atoms with Crippen LogP contribution in [0, 0.1) is 27.7 Å². The lowest BCUT2D eigenvalue weighted by Gasteiger charge is -2.25. The van der Waals surface area contributed by atoms with Crippen LogP contribution in [0.15, 0.2) is 109 Å². The number of nitrogens with zero attached hydrogens (tertiary/aromatic N) is 2. The Labute approximate surface area is 283 Å². The molecule has 2 heterocycles. The van der Waals surface area contributed by atoms with Crippen LogP contribution in [0.1, 0.15) is 33.4 Å². The lowest BCUT2D eigenvalue weighted by Crippen LogP contribution is -2.17. The van der Waals surface area contributed by atoms with Crippen LogP contribution in [0.3, 0.4) is 0 Å². The van der Waals surface area contributed by atoms with Gasteiger partial charge in [0, 0.05) is 27.1 Å². The van der Waals surface area contributed by atoms with Gasteiger partial charge in [0.15, 0.2) is 0 Å². The molecule has 0 saturated heterocycles. The van der Waals surface area contributed by atoms with Gasteiger partial charge in [-0.05, 0) is 91.9 Å². The molecule has 0 spiro atoms. The molecular weight excluding hydrogens is 646 g/mol. The summed E-state index contributed by atoms with van der Waals surface area (Å²) in [4.78, 5) is 0. The molecule has 250 valence electrons. The summed E-state index contributed by atoms with van der Waals surface area (Å²) >= 11 is 0. The monoisotopic (exact) mass is 676 g/mol. The number of aryl methyl sites for hydroxylation is 4. The third-order valence-corrected chi connectivity index (χ3v) is 9.58. The van der Waals surface area contributed by atoms with Crippen molar-refractivity contribution in [1.29, 1.82) is 0 Å². The maximum atomic E-state index is 16.2. The van der Waals surface area contributed by atoms with E-state index in [1.54, 1.807) is 16.7 Å². The topological polar surface area (TPSA) is 9.86 Å². The van der Waals surface area contributed by atoms with Gasteiger partial charge < -0.3 is 9.13 Å². The minimum atomic E-state index is -5.00. The van der Waals surface area contributed by atoms with Crippen molar-refractivity contribution in [1.82, 2.24) is 9.13 Å². The predicted molar refractivity (Wildman–Crippen MR) is 190 cm³/mol. The molecule has 6 aromatic carbocycles. The molecule has 8 heteroatoms. The number of rotatable bonds is 3. The van der Waals surface area contributed by atoms with Gasteiger partial charge in [0.05, 0.1) is 39.0 Å². The van der Waals surface area contributed by atoms with Gasteiger partial charge >= 0.3 is 12.4 Å². The van der Waals surface area contributed by atoms with Crippen LogP contribution in [-0.4, -0.2) is 9.13 Å². The van der Waals surface area contributed by atoms with Crippen molar-refractivity contribution in [2.75, 3.05) is 0 Å². The minimum absolute atomic E-state index is 0.174. The molecule has 8 rings (SSSR count). The van der Waals surface area contributed by atoms with Gasteiger partial charge in [-0.15, -0.1) is 0 Å². The van der Waals surface area contributed by atoms with E-state index < -0.39 is 23.5 Å². The Bertz CT molecular complexity index is 2550. The zero-order valence-corrected chi connectivity index (χ0v) is 27.6. The van der Waals surface area contributed by atoms with Crippen LogP contribution in [0.25, 0.3) is 66.1 Å². The van der Waals surface area contributed by atoms with Crippen LogP contribution in [-0.2, 0) is 12.4 Å². The highest BCUT2D eigenvalue weighted by Gasteiger charge is 2.42. The largest absolute Gasteiger partial charge is 0.420 e. The molecule has 0 aliphatic carbocycles. The number of aromatic nitrogens is 2. The Morgan fingerprint density at radius 1 is 0.420 bits per heavy atom. The van der Waals surface area contributed by atoms with E-state index in [-0.39, 0.29) is 22.5 Å². The van der Waals surface area contributed by atoms with Crippen molar-refractivity contribution in [2.45, 2.75) is 40.0 Å². The number of alkyl halides is 6. The number of fused-ring (bicyclic) bond motifs is 6. The van der Waals surface area contributed by atoms with E-state index in [0.29, 0.717) is 32.8 Å². The Morgan fingerprint density at radius 2 is 0.840 bits per heavy atom. The van der Waals surface area contributed by atoms with Crippen molar-refractivity contribution in [3.05, 3.63) is 143 Å². The highest BCUT2D eigenvalue weighted by atomic mass is 19.4. The van der Waals surface area contributed by atoms with Gasteiger partial charge in [0.25, 0.3) is 0 Å². The van der Waals surface area contributed by atoms with Gasteiger partial charge in [0.2, 0.25) is 0 Å². The number of halogens is 6. The quantitative estimate of drug-likeness (QED) is 0.165. The molecule has 0 fully saturated rings. The molecule has 0 aliphatic rings. The molecule has 2 nitrogen and oxygen atoms in total. The fourth-order valence-corrected chi connectivity index (χ4v) is 7.44. The fraction of sp³-hybridized carbons (Fsp3) is 0.143. The third-order valence-electron chi connectivity index (χ3n) is 9.58. The molecule has 0 N–H and O–H groups in total. The molecular formula is C42H30F6N2. The van der Waals surface area contributed by atoms with Gasteiger partial charge in [-0.25, -0.2) is 0 Å². The summed E-state index contributed by atoms with van der Waals surface area (Å²) in [7, 11) is 0. The zero-order valence-electron chi connectivity index (χ0n) is 27.6. The Kier molecular flexibility index (Phi) is 6.99. The molecule has 8 aromatic rings. The zero-order chi connectivity index (χ0) is 35.3. The van der Waals surface area contributed by atoms with Gasteiger partial charge in [-0.2, -0.15) is 26.3 Å². The maximum Gasteiger partial charge on any atom is 0.420 e. The van der Waals surface area contributed by atoms with E-state index in [1.807, 2.05) is 88.4 Å². The summed E-state index contributed by atoms with van der Waals surface area (Å²) in [6.07, 6.45) is -9.82. The van der Waals surface area contributed by atoms with Crippen molar-refractivity contribution in [3.8, 4) is 22.5 Å². The molecule has 2 aromatic heterocycles. The summed E-state index contributed by atoms with van der Waals surface area (Å²) in [5.74, 6) is 0. The van der Waals surface area contributed by atoms with Gasteiger partial charge in [-0.1, -0.05) is 72.8 Å². The fourth-order valence-electron chi connectivity index (χ4n) is 7.44. The lowest BCUT2D eigenvalue weighted by molar-refractivity contribution is -0.137. The molecule has 0 unspecified atom stereocenters. The third kappa shape index (κ3) is 4.88. The van der Waals surface area contributed by atoms with Crippen LogP contribution in [0.2, 0.25) is 0 Å². The maximum absolute atomic E-state index is 16.2. The average molecular weight is 677 g/mol. The van der Waals surface area contributed by atoms with Crippen molar-refractivity contribution >= 4 is 43.6 Å². The van der Waals surface area contributed by atoms with Gasteiger partial charge in [-0.3, -0.25) is 0 Å². The van der Waals surface area contributed by atoms with E-state index in [9.17, 15) is 13.2 Å². The minimum Gasteiger partial charge on any atom is -0.309 e. The van der Waals surface area contributed by atoms with E-state index in [1.165, 1.54) is 34.9 Å². The van der Waals surface area contributed by atoms with Crippen molar-refractivity contribution in [2.24, 2.45) is 0 Å². The van der Waals surface area contributed by atoms with Gasteiger partial charge in [0.1, 0.15) is 5.56 Å². The number of hydrogen-bond donors (Lipinski definition) is 0. The molecule has 0 atom stereocenters. The van der Waals surface area contributed by atoms with Crippen LogP contribution in [0.5, 0.6) is 0 Å². The molecule has 0 saturated carbocycles. The number of hydrogen-bond acceptors (Lipinski definition) is 0.